The fourth-order valence-electron chi connectivity index (χ4n) is 6.64. The predicted molar refractivity (Wildman–Crippen MR) is 171 cm³/mol. The number of Topliss-reactive ketones (excluding diaryl/α,β-unsaturated/α-hetero) is 1. The number of ether oxygens (including phenoxy) is 2. The first-order valence-electron chi connectivity index (χ1n) is 16.3. The molecule has 0 radical (unpaired) electrons. The molecular weight excluding hydrogens is 548 g/mol. The van der Waals surface area contributed by atoms with E-state index in [-0.39, 0.29) is 66.3 Å². The van der Waals surface area contributed by atoms with Gasteiger partial charge in [0.05, 0.1) is 43.3 Å². The topological polar surface area (TPSA) is 117 Å². The van der Waals surface area contributed by atoms with Gasteiger partial charge in [-0.05, 0) is 44.6 Å². The Balaban J connectivity index is 3.12. The van der Waals surface area contributed by atoms with Gasteiger partial charge in [-0.1, -0.05) is 61.8 Å². The van der Waals surface area contributed by atoms with Crippen LogP contribution in [0.3, 0.4) is 0 Å². The Bertz CT molecular complexity index is 908. The summed E-state index contributed by atoms with van der Waals surface area (Å²) in [6.07, 6.45) is 3.06. The number of carbonyl (C=O) groups is 4. The van der Waals surface area contributed by atoms with Crippen molar-refractivity contribution in [2.24, 2.45) is 23.2 Å². The molecule has 1 aliphatic heterocycles. The molecule has 1 heterocycles. The third kappa shape index (κ3) is 9.72. The molecule has 0 bridgehead atoms. The molecule has 1 saturated heterocycles. The van der Waals surface area contributed by atoms with E-state index in [0.29, 0.717) is 6.54 Å². The average molecular weight is 611 g/mol. The minimum Gasteiger partial charge on any atom is -0.379 e. The van der Waals surface area contributed by atoms with Crippen LogP contribution in [0.5, 0.6) is 0 Å². The van der Waals surface area contributed by atoms with Crippen molar-refractivity contribution in [1.29, 1.82) is 0 Å². The first-order chi connectivity index (χ1) is 20.2. The smallest absolute Gasteiger partial charge is 0.242 e. The highest BCUT2D eigenvalue weighted by Crippen LogP contribution is 2.35. The second-order valence-electron chi connectivity index (χ2n) is 13.0. The van der Waals surface area contributed by atoms with Crippen LogP contribution in [0.15, 0.2) is 0 Å². The molecule has 0 saturated carbocycles. The van der Waals surface area contributed by atoms with Crippen molar-refractivity contribution in [2.45, 2.75) is 124 Å². The van der Waals surface area contributed by atoms with E-state index in [9.17, 15) is 19.2 Å². The molecule has 0 spiro atoms. The first kappa shape index (κ1) is 39.0. The molecule has 250 valence electrons. The number of nitrogens with zero attached hydrogens (tertiary/aromatic N) is 2. The number of likely N-dealkylation sites (N-methyl/N-ethyl adjacent to an activating group) is 2. The lowest BCUT2D eigenvalue weighted by atomic mass is 9.73. The van der Waals surface area contributed by atoms with Crippen LogP contribution in [0, 0.1) is 23.2 Å². The molecular formula is C33H62N4O6. The van der Waals surface area contributed by atoms with Crippen LogP contribution >= 0.6 is 0 Å². The second-order valence-corrected chi connectivity index (χ2v) is 13.0. The minimum atomic E-state index is -0.544. The highest BCUT2D eigenvalue weighted by molar-refractivity contribution is 5.88. The van der Waals surface area contributed by atoms with Gasteiger partial charge in [0.15, 0.2) is 0 Å². The molecule has 1 aliphatic rings. The van der Waals surface area contributed by atoms with Gasteiger partial charge < -0.3 is 29.9 Å². The van der Waals surface area contributed by atoms with Crippen molar-refractivity contribution >= 4 is 23.5 Å². The number of hydrogen-bond acceptors (Lipinski definition) is 7. The summed E-state index contributed by atoms with van der Waals surface area (Å²) in [6.45, 7) is 16.5. The Kier molecular flexibility index (Phi) is 16.4. The molecule has 43 heavy (non-hydrogen) atoms. The molecule has 1 rings (SSSR count). The van der Waals surface area contributed by atoms with Crippen molar-refractivity contribution in [3.05, 3.63) is 0 Å². The number of nitrogens with one attached hydrogen (secondary N) is 2. The van der Waals surface area contributed by atoms with E-state index in [4.69, 9.17) is 9.47 Å². The van der Waals surface area contributed by atoms with Gasteiger partial charge in [0.25, 0.3) is 0 Å². The second kappa shape index (κ2) is 18.1. The van der Waals surface area contributed by atoms with Crippen LogP contribution in [0.4, 0.5) is 0 Å². The maximum absolute atomic E-state index is 13.9. The van der Waals surface area contributed by atoms with E-state index in [1.807, 2.05) is 60.3 Å². The van der Waals surface area contributed by atoms with Crippen molar-refractivity contribution in [1.82, 2.24) is 20.4 Å². The van der Waals surface area contributed by atoms with Gasteiger partial charge in [-0.3, -0.25) is 19.2 Å². The zero-order valence-corrected chi connectivity index (χ0v) is 29.1. The van der Waals surface area contributed by atoms with E-state index in [2.05, 4.69) is 10.6 Å². The zero-order chi connectivity index (χ0) is 33.1. The van der Waals surface area contributed by atoms with Gasteiger partial charge in [-0.15, -0.1) is 0 Å². The third-order valence-corrected chi connectivity index (χ3v) is 10.1. The Hall–Kier alpha value is -2.04. The standard InChI is InChI=1S/C33H62N4O6/c1-13-22(6)29(36(10)27(39)20-35-32(41)28(34-9)21(4)5)25(42-11)19-26(38)37-18-16-17-24(37)30(43-12)23(7)31(40)33(8,14-2)15-3/h21-25,28-30,34H,13-20H2,1-12H3,(H,35,41). The van der Waals surface area contributed by atoms with Crippen LogP contribution in [-0.4, -0.2) is 105 Å². The van der Waals surface area contributed by atoms with Crippen LogP contribution in [-0.2, 0) is 28.7 Å². The molecule has 7 unspecified atom stereocenters. The highest BCUT2D eigenvalue weighted by Gasteiger charge is 2.44. The van der Waals surface area contributed by atoms with E-state index < -0.39 is 23.7 Å². The Morgan fingerprint density at radius 3 is 2.09 bits per heavy atom. The third-order valence-electron chi connectivity index (χ3n) is 10.1. The Labute approximate surface area is 261 Å². The number of ketones is 1. The molecule has 3 amide bonds. The van der Waals surface area contributed by atoms with Crippen molar-refractivity contribution in [3.63, 3.8) is 0 Å². The molecule has 10 nitrogen and oxygen atoms in total. The maximum atomic E-state index is 13.9. The van der Waals surface area contributed by atoms with Crippen molar-refractivity contribution in [2.75, 3.05) is 41.4 Å². The Morgan fingerprint density at radius 2 is 1.63 bits per heavy atom. The zero-order valence-electron chi connectivity index (χ0n) is 29.1. The normalized spacial score (nSPS) is 19.8. The summed E-state index contributed by atoms with van der Waals surface area (Å²) >= 11 is 0. The van der Waals surface area contributed by atoms with Crippen LogP contribution in [0.1, 0.15) is 93.9 Å². The summed E-state index contributed by atoms with van der Waals surface area (Å²) in [4.78, 5) is 56.8. The van der Waals surface area contributed by atoms with E-state index >= 15 is 0 Å². The summed E-state index contributed by atoms with van der Waals surface area (Å²) in [5, 5.41) is 5.76. The molecule has 0 aliphatic carbocycles. The molecule has 7 atom stereocenters. The summed E-state index contributed by atoms with van der Waals surface area (Å²) in [6, 6.07) is -0.972. The average Bonchev–Trinajstić information content (AvgIpc) is 3.48. The SMILES string of the molecule is CCC(C)C(C(CC(=O)N1CCCC1C(OC)C(C)C(=O)C(C)(CC)CC)OC)N(C)C(=O)CNC(=O)C(NC)C(C)C. The van der Waals surface area contributed by atoms with Gasteiger partial charge in [0.2, 0.25) is 17.7 Å². The molecule has 0 aromatic carbocycles. The quantitative estimate of drug-likeness (QED) is 0.229. The van der Waals surface area contributed by atoms with Gasteiger partial charge in [-0.25, -0.2) is 0 Å². The summed E-state index contributed by atoms with van der Waals surface area (Å²) < 4.78 is 11.8. The van der Waals surface area contributed by atoms with Gasteiger partial charge in [-0.2, -0.15) is 0 Å². The maximum Gasteiger partial charge on any atom is 0.242 e. The lowest BCUT2D eigenvalue weighted by Gasteiger charge is -2.40. The van der Waals surface area contributed by atoms with Crippen molar-refractivity contribution in [3.8, 4) is 0 Å². The molecule has 10 heteroatoms. The lowest BCUT2D eigenvalue weighted by molar-refractivity contribution is -0.147. The first-order valence-corrected chi connectivity index (χ1v) is 16.3. The summed E-state index contributed by atoms with van der Waals surface area (Å²) in [5.74, 6) is -0.591. The number of likely N-dealkylation sites (tertiary alicyclic amines) is 1. The van der Waals surface area contributed by atoms with Crippen molar-refractivity contribution < 1.29 is 28.7 Å². The summed E-state index contributed by atoms with van der Waals surface area (Å²) in [7, 11) is 6.64. The number of rotatable bonds is 19. The molecule has 1 fully saturated rings. The number of amides is 3. The fraction of sp³-hybridized carbons (Fsp3) is 0.879. The van der Waals surface area contributed by atoms with Crippen LogP contribution in [0.25, 0.3) is 0 Å². The van der Waals surface area contributed by atoms with Crippen LogP contribution in [0.2, 0.25) is 0 Å². The number of hydrogen-bond donors (Lipinski definition) is 2. The van der Waals surface area contributed by atoms with Gasteiger partial charge in [0.1, 0.15) is 5.78 Å². The van der Waals surface area contributed by atoms with E-state index in [1.165, 1.54) is 0 Å². The number of carbonyl (C=O) groups excluding carboxylic acids is 4. The molecule has 2 N–H and O–H groups in total. The minimum absolute atomic E-state index is 0.0441. The highest BCUT2D eigenvalue weighted by atomic mass is 16.5. The predicted octanol–water partition coefficient (Wildman–Crippen LogP) is 3.66. The monoisotopic (exact) mass is 610 g/mol. The molecule has 0 aromatic rings. The van der Waals surface area contributed by atoms with E-state index in [0.717, 1.165) is 32.1 Å². The molecule has 0 aromatic heterocycles. The summed E-state index contributed by atoms with van der Waals surface area (Å²) in [5.41, 5.74) is -0.423. The Morgan fingerprint density at radius 1 is 1.02 bits per heavy atom. The number of methoxy groups -OCH3 is 2. The lowest BCUT2D eigenvalue weighted by Crippen LogP contribution is -2.55. The van der Waals surface area contributed by atoms with E-state index in [1.54, 1.807) is 33.2 Å². The largest absolute Gasteiger partial charge is 0.379 e. The van der Waals surface area contributed by atoms with Gasteiger partial charge in [0, 0.05) is 39.1 Å². The van der Waals surface area contributed by atoms with Gasteiger partial charge >= 0.3 is 0 Å². The van der Waals surface area contributed by atoms with Crippen LogP contribution < -0.4 is 10.6 Å². The fourth-order valence-corrected chi connectivity index (χ4v) is 6.64.